The first-order chi connectivity index (χ1) is 9.01. The second kappa shape index (κ2) is 5.74. The van der Waals surface area contributed by atoms with Crippen LogP contribution in [0.25, 0.3) is 10.2 Å². The number of hydrogen-bond acceptors (Lipinski definition) is 5. The monoisotopic (exact) mass is 278 g/mol. The topological polar surface area (TPSA) is 49.8 Å². The van der Waals surface area contributed by atoms with Crippen LogP contribution in [0, 0.1) is 18.8 Å². The van der Waals surface area contributed by atoms with Gasteiger partial charge in [-0.2, -0.15) is 4.98 Å². The molecule has 4 nitrogen and oxygen atoms in total. The molecule has 0 fully saturated rings. The maximum atomic E-state index is 4.54. The number of nitrogens with one attached hydrogen (secondary N) is 2. The maximum Gasteiger partial charge on any atom is 0.225 e. The fourth-order valence-electron chi connectivity index (χ4n) is 1.78. The molecule has 0 aliphatic carbocycles. The van der Waals surface area contributed by atoms with E-state index in [0.29, 0.717) is 17.8 Å². The molecule has 0 amide bonds. The lowest BCUT2D eigenvalue weighted by Gasteiger charge is -2.17. The Morgan fingerprint density at radius 2 is 2.00 bits per heavy atom. The second-order valence-corrected chi connectivity index (χ2v) is 6.56. The van der Waals surface area contributed by atoms with Gasteiger partial charge in [0.05, 0.1) is 5.39 Å². The van der Waals surface area contributed by atoms with Crippen LogP contribution >= 0.6 is 11.3 Å². The van der Waals surface area contributed by atoms with Crippen molar-refractivity contribution in [2.45, 2.75) is 27.7 Å². The number of thiophene rings is 1. The van der Waals surface area contributed by atoms with E-state index in [1.54, 1.807) is 11.3 Å². The average Bonchev–Trinajstić information content (AvgIpc) is 2.75. The van der Waals surface area contributed by atoms with Gasteiger partial charge < -0.3 is 10.6 Å². The minimum Gasteiger partial charge on any atom is -0.369 e. The van der Waals surface area contributed by atoms with Gasteiger partial charge >= 0.3 is 0 Å². The SMILES string of the molecule is CNc1nc(NCC(C)C(C)C)c2cc(C)sc2n1. The lowest BCUT2D eigenvalue weighted by Crippen LogP contribution is -2.17. The van der Waals surface area contributed by atoms with Gasteiger partial charge in [0.1, 0.15) is 10.6 Å². The summed E-state index contributed by atoms with van der Waals surface area (Å²) in [5.74, 6) is 2.89. The lowest BCUT2D eigenvalue weighted by atomic mass is 9.98. The third-order valence-electron chi connectivity index (χ3n) is 3.47. The van der Waals surface area contributed by atoms with Crippen LogP contribution < -0.4 is 10.6 Å². The minimum absolute atomic E-state index is 0.614. The van der Waals surface area contributed by atoms with Crippen molar-refractivity contribution in [2.24, 2.45) is 11.8 Å². The number of fused-ring (bicyclic) bond motifs is 1. The molecule has 0 aliphatic rings. The summed E-state index contributed by atoms with van der Waals surface area (Å²) in [6.07, 6.45) is 0. The smallest absolute Gasteiger partial charge is 0.225 e. The Morgan fingerprint density at radius 3 is 2.63 bits per heavy atom. The van der Waals surface area contributed by atoms with Crippen molar-refractivity contribution >= 4 is 33.3 Å². The van der Waals surface area contributed by atoms with Crippen molar-refractivity contribution in [1.82, 2.24) is 9.97 Å². The van der Waals surface area contributed by atoms with E-state index < -0.39 is 0 Å². The zero-order chi connectivity index (χ0) is 14.0. The molecule has 2 N–H and O–H groups in total. The van der Waals surface area contributed by atoms with Crippen molar-refractivity contribution in [3.63, 3.8) is 0 Å². The Morgan fingerprint density at radius 1 is 1.26 bits per heavy atom. The Hall–Kier alpha value is -1.36. The van der Waals surface area contributed by atoms with E-state index in [1.807, 2.05) is 7.05 Å². The Kier molecular flexibility index (Phi) is 4.24. The number of nitrogens with zero attached hydrogens (tertiary/aromatic N) is 2. The molecule has 0 aliphatic heterocycles. The number of rotatable bonds is 5. The lowest BCUT2D eigenvalue weighted by molar-refractivity contribution is 0.439. The fraction of sp³-hybridized carbons (Fsp3) is 0.571. The summed E-state index contributed by atoms with van der Waals surface area (Å²) in [6.45, 7) is 9.78. The third kappa shape index (κ3) is 3.15. The highest BCUT2D eigenvalue weighted by atomic mass is 32.1. The van der Waals surface area contributed by atoms with Gasteiger partial charge in [0.15, 0.2) is 0 Å². The molecule has 19 heavy (non-hydrogen) atoms. The van der Waals surface area contributed by atoms with E-state index >= 15 is 0 Å². The van der Waals surface area contributed by atoms with E-state index in [0.717, 1.165) is 22.6 Å². The maximum absolute atomic E-state index is 4.54. The largest absolute Gasteiger partial charge is 0.369 e. The van der Waals surface area contributed by atoms with Crippen molar-refractivity contribution in [1.29, 1.82) is 0 Å². The van der Waals surface area contributed by atoms with Gasteiger partial charge in [-0.25, -0.2) is 4.98 Å². The summed E-state index contributed by atoms with van der Waals surface area (Å²) in [4.78, 5) is 11.3. The van der Waals surface area contributed by atoms with E-state index in [-0.39, 0.29) is 0 Å². The first kappa shape index (κ1) is 14.1. The molecule has 2 rings (SSSR count). The van der Waals surface area contributed by atoms with E-state index in [2.05, 4.69) is 54.4 Å². The summed E-state index contributed by atoms with van der Waals surface area (Å²) in [6, 6.07) is 2.15. The van der Waals surface area contributed by atoms with Gasteiger partial charge in [0, 0.05) is 18.5 Å². The van der Waals surface area contributed by atoms with Crippen LogP contribution in [0.4, 0.5) is 11.8 Å². The number of anilines is 2. The first-order valence-electron chi connectivity index (χ1n) is 6.71. The molecule has 0 saturated carbocycles. The van der Waals surface area contributed by atoms with Crippen LogP contribution in [0.3, 0.4) is 0 Å². The molecule has 1 unspecified atom stereocenters. The molecule has 2 heterocycles. The molecule has 0 spiro atoms. The highest BCUT2D eigenvalue weighted by molar-refractivity contribution is 7.18. The second-order valence-electron chi connectivity index (χ2n) is 5.32. The highest BCUT2D eigenvalue weighted by Crippen LogP contribution is 2.29. The van der Waals surface area contributed by atoms with Crippen molar-refractivity contribution in [3.05, 3.63) is 10.9 Å². The standard InChI is InChI=1S/C14H22N4S/c1-8(2)9(3)7-16-12-11-6-10(4)19-13(11)18-14(15-5)17-12/h6,8-9H,7H2,1-5H3,(H2,15,16,17,18). The van der Waals surface area contributed by atoms with Crippen molar-refractivity contribution in [2.75, 3.05) is 24.2 Å². The summed E-state index contributed by atoms with van der Waals surface area (Å²) in [7, 11) is 1.85. The number of hydrogen-bond donors (Lipinski definition) is 2. The summed E-state index contributed by atoms with van der Waals surface area (Å²) >= 11 is 1.71. The molecule has 2 aromatic rings. The molecule has 2 aromatic heterocycles. The van der Waals surface area contributed by atoms with Crippen LogP contribution in [0.2, 0.25) is 0 Å². The Bertz CT molecular complexity index is 562. The van der Waals surface area contributed by atoms with Gasteiger partial charge in [-0.15, -0.1) is 11.3 Å². The Balaban J connectivity index is 2.29. The van der Waals surface area contributed by atoms with Crippen molar-refractivity contribution in [3.8, 4) is 0 Å². The predicted octanol–water partition coefficient (Wildman–Crippen LogP) is 3.75. The van der Waals surface area contributed by atoms with Gasteiger partial charge in [0.25, 0.3) is 0 Å². The summed E-state index contributed by atoms with van der Waals surface area (Å²) < 4.78 is 0. The van der Waals surface area contributed by atoms with Crippen molar-refractivity contribution < 1.29 is 0 Å². The third-order valence-corrected chi connectivity index (χ3v) is 4.41. The van der Waals surface area contributed by atoms with Gasteiger partial charge in [-0.05, 0) is 24.8 Å². The zero-order valence-corrected chi connectivity index (χ0v) is 13.1. The molecular weight excluding hydrogens is 256 g/mol. The van der Waals surface area contributed by atoms with Gasteiger partial charge in [-0.3, -0.25) is 0 Å². The van der Waals surface area contributed by atoms with E-state index in [4.69, 9.17) is 0 Å². The minimum atomic E-state index is 0.614. The molecule has 1 atom stereocenters. The summed E-state index contributed by atoms with van der Waals surface area (Å²) in [5, 5.41) is 7.62. The van der Waals surface area contributed by atoms with E-state index in [9.17, 15) is 0 Å². The summed E-state index contributed by atoms with van der Waals surface area (Å²) in [5.41, 5.74) is 0. The molecule has 5 heteroatoms. The molecule has 0 bridgehead atoms. The predicted molar refractivity (Wildman–Crippen MR) is 84.2 cm³/mol. The van der Waals surface area contributed by atoms with Crippen LogP contribution in [0.15, 0.2) is 6.07 Å². The molecule has 0 aromatic carbocycles. The molecule has 104 valence electrons. The molecule has 0 saturated heterocycles. The first-order valence-corrected chi connectivity index (χ1v) is 7.52. The van der Waals surface area contributed by atoms with Crippen LogP contribution in [0.1, 0.15) is 25.6 Å². The quantitative estimate of drug-likeness (QED) is 0.874. The van der Waals surface area contributed by atoms with E-state index in [1.165, 1.54) is 4.88 Å². The van der Waals surface area contributed by atoms with Gasteiger partial charge in [0.2, 0.25) is 5.95 Å². The van der Waals surface area contributed by atoms with Crippen LogP contribution in [0.5, 0.6) is 0 Å². The zero-order valence-electron chi connectivity index (χ0n) is 12.2. The number of aryl methyl sites for hydroxylation is 1. The molecule has 0 radical (unpaired) electrons. The average molecular weight is 278 g/mol. The van der Waals surface area contributed by atoms with Gasteiger partial charge in [-0.1, -0.05) is 20.8 Å². The normalized spacial score (nSPS) is 12.9. The Labute approximate surface area is 118 Å². The van der Waals surface area contributed by atoms with Crippen LogP contribution in [-0.2, 0) is 0 Å². The molecular formula is C14H22N4S. The van der Waals surface area contributed by atoms with Crippen LogP contribution in [-0.4, -0.2) is 23.6 Å². The fourth-order valence-corrected chi connectivity index (χ4v) is 2.66. The number of aromatic nitrogens is 2. The highest BCUT2D eigenvalue weighted by Gasteiger charge is 2.12.